The fraction of sp³-hybridized carbons (Fsp3) is 0. The third-order valence-electron chi connectivity index (χ3n) is 3.03. The standard InChI is InChI=1S/C16H9Cl2NOS/c17-13-4-2-1-3-12(13)15(20)16-11(6-8-21-16)10-5-7-19-14(18)9-10/h1-9H. The van der Waals surface area contributed by atoms with E-state index in [9.17, 15) is 4.79 Å². The highest BCUT2D eigenvalue weighted by Gasteiger charge is 2.18. The predicted molar refractivity (Wildman–Crippen MR) is 87.4 cm³/mol. The summed E-state index contributed by atoms with van der Waals surface area (Å²) < 4.78 is 0. The van der Waals surface area contributed by atoms with E-state index in [1.165, 1.54) is 11.3 Å². The zero-order valence-electron chi connectivity index (χ0n) is 10.7. The molecule has 0 amide bonds. The van der Waals surface area contributed by atoms with Crippen molar-refractivity contribution in [1.82, 2.24) is 4.98 Å². The first-order valence-electron chi connectivity index (χ1n) is 6.15. The molecule has 2 aromatic heterocycles. The molecule has 0 fully saturated rings. The molecule has 0 bridgehead atoms. The van der Waals surface area contributed by atoms with E-state index in [1.54, 1.807) is 36.5 Å². The van der Waals surface area contributed by atoms with Gasteiger partial charge in [0.25, 0.3) is 0 Å². The molecule has 0 N–H and O–H groups in total. The second-order valence-electron chi connectivity index (χ2n) is 4.34. The van der Waals surface area contributed by atoms with Crippen LogP contribution in [0.4, 0.5) is 0 Å². The van der Waals surface area contributed by atoms with Crippen LogP contribution in [0.3, 0.4) is 0 Å². The normalized spacial score (nSPS) is 10.6. The first-order valence-corrected chi connectivity index (χ1v) is 7.79. The van der Waals surface area contributed by atoms with Crippen molar-refractivity contribution in [3.8, 4) is 11.1 Å². The van der Waals surface area contributed by atoms with Crippen LogP contribution in [-0.2, 0) is 0 Å². The van der Waals surface area contributed by atoms with E-state index >= 15 is 0 Å². The van der Waals surface area contributed by atoms with Gasteiger partial charge in [0, 0.05) is 17.3 Å². The number of hydrogen-bond acceptors (Lipinski definition) is 3. The molecule has 0 aliphatic heterocycles. The number of rotatable bonds is 3. The van der Waals surface area contributed by atoms with Gasteiger partial charge in [-0.3, -0.25) is 4.79 Å². The Labute approximate surface area is 136 Å². The third kappa shape index (κ3) is 2.86. The highest BCUT2D eigenvalue weighted by molar-refractivity contribution is 7.12. The number of hydrogen-bond donors (Lipinski definition) is 0. The lowest BCUT2D eigenvalue weighted by molar-refractivity contribution is 0.104. The van der Waals surface area contributed by atoms with E-state index in [-0.39, 0.29) is 5.78 Å². The smallest absolute Gasteiger partial charge is 0.205 e. The van der Waals surface area contributed by atoms with Crippen LogP contribution in [0.25, 0.3) is 11.1 Å². The molecular weight excluding hydrogens is 325 g/mol. The summed E-state index contributed by atoms with van der Waals surface area (Å²) in [6, 6.07) is 12.5. The largest absolute Gasteiger partial charge is 0.288 e. The van der Waals surface area contributed by atoms with Crippen LogP contribution >= 0.6 is 34.5 Å². The SMILES string of the molecule is O=C(c1ccccc1Cl)c1sccc1-c1ccnc(Cl)c1. The molecule has 1 aromatic carbocycles. The molecule has 2 nitrogen and oxygen atoms in total. The van der Waals surface area contributed by atoms with Crippen LogP contribution in [-0.4, -0.2) is 10.8 Å². The number of carbonyl (C=O) groups is 1. The van der Waals surface area contributed by atoms with Gasteiger partial charge in [0.15, 0.2) is 0 Å². The van der Waals surface area contributed by atoms with Gasteiger partial charge in [-0.15, -0.1) is 11.3 Å². The fourth-order valence-corrected chi connectivity index (χ4v) is 3.32. The average molecular weight is 334 g/mol. The molecule has 0 saturated heterocycles. The minimum atomic E-state index is -0.0847. The van der Waals surface area contributed by atoms with Gasteiger partial charge in [0.2, 0.25) is 5.78 Å². The van der Waals surface area contributed by atoms with Crippen molar-refractivity contribution in [3.63, 3.8) is 0 Å². The van der Waals surface area contributed by atoms with E-state index in [0.717, 1.165) is 11.1 Å². The Morgan fingerprint density at radius 3 is 2.67 bits per heavy atom. The zero-order valence-corrected chi connectivity index (χ0v) is 13.0. The first kappa shape index (κ1) is 14.3. The summed E-state index contributed by atoms with van der Waals surface area (Å²) in [5.41, 5.74) is 2.21. The molecule has 21 heavy (non-hydrogen) atoms. The Morgan fingerprint density at radius 1 is 1.10 bits per heavy atom. The second-order valence-corrected chi connectivity index (χ2v) is 6.05. The van der Waals surface area contributed by atoms with Crippen LogP contribution in [0.1, 0.15) is 15.2 Å². The number of pyridine rings is 1. The quantitative estimate of drug-likeness (QED) is 0.477. The molecule has 0 aliphatic carbocycles. The highest BCUT2D eigenvalue weighted by atomic mass is 35.5. The van der Waals surface area contributed by atoms with Gasteiger partial charge in [-0.25, -0.2) is 4.98 Å². The van der Waals surface area contributed by atoms with E-state index < -0.39 is 0 Å². The number of benzene rings is 1. The van der Waals surface area contributed by atoms with Crippen molar-refractivity contribution in [2.75, 3.05) is 0 Å². The predicted octanol–water partition coefficient (Wildman–Crippen LogP) is 5.35. The minimum absolute atomic E-state index is 0.0847. The fourth-order valence-electron chi connectivity index (χ4n) is 2.05. The van der Waals surface area contributed by atoms with Crippen molar-refractivity contribution >= 4 is 40.3 Å². The lowest BCUT2D eigenvalue weighted by atomic mass is 10.0. The van der Waals surface area contributed by atoms with Crippen molar-refractivity contribution in [2.24, 2.45) is 0 Å². The highest BCUT2D eigenvalue weighted by Crippen LogP contribution is 2.32. The molecule has 0 radical (unpaired) electrons. The number of halogens is 2. The van der Waals surface area contributed by atoms with E-state index in [4.69, 9.17) is 23.2 Å². The number of thiophene rings is 1. The third-order valence-corrected chi connectivity index (χ3v) is 4.48. The summed E-state index contributed by atoms with van der Waals surface area (Å²) in [6.45, 7) is 0. The lowest BCUT2D eigenvalue weighted by Gasteiger charge is -2.05. The van der Waals surface area contributed by atoms with Crippen molar-refractivity contribution in [2.45, 2.75) is 0 Å². The molecule has 0 aliphatic rings. The molecule has 0 atom stereocenters. The van der Waals surface area contributed by atoms with Gasteiger partial charge >= 0.3 is 0 Å². The molecular formula is C16H9Cl2NOS. The van der Waals surface area contributed by atoms with Crippen LogP contribution in [0.2, 0.25) is 10.2 Å². The molecule has 104 valence electrons. The molecule has 0 saturated carbocycles. The van der Waals surface area contributed by atoms with Crippen molar-refractivity contribution in [1.29, 1.82) is 0 Å². The van der Waals surface area contributed by atoms with Gasteiger partial charge in [0.05, 0.1) is 9.90 Å². The van der Waals surface area contributed by atoms with Gasteiger partial charge in [-0.1, -0.05) is 35.3 Å². The first-order chi connectivity index (χ1) is 10.2. The Kier molecular flexibility index (Phi) is 4.06. The maximum atomic E-state index is 12.7. The van der Waals surface area contributed by atoms with Gasteiger partial charge in [0.1, 0.15) is 5.15 Å². The number of aromatic nitrogens is 1. The number of carbonyl (C=O) groups excluding carboxylic acids is 1. The molecule has 5 heteroatoms. The average Bonchev–Trinajstić information content (AvgIpc) is 2.96. The summed E-state index contributed by atoms with van der Waals surface area (Å²) in [6.07, 6.45) is 1.62. The molecule has 2 heterocycles. The molecule has 3 rings (SSSR count). The summed E-state index contributed by atoms with van der Waals surface area (Å²) in [4.78, 5) is 17.3. The van der Waals surface area contributed by atoms with Gasteiger partial charge in [-0.05, 0) is 41.3 Å². The van der Waals surface area contributed by atoms with Crippen LogP contribution in [0.5, 0.6) is 0 Å². The summed E-state index contributed by atoms with van der Waals surface area (Å²) >= 11 is 13.4. The van der Waals surface area contributed by atoms with Gasteiger partial charge < -0.3 is 0 Å². The Hall–Kier alpha value is -1.68. The monoisotopic (exact) mass is 333 g/mol. The minimum Gasteiger partial charge on any atom is -0.288 e. The Balaban J connectivity index is 2.08. The topological polar surface area (TPSA) is 30.0 Å². The Morgan fingerprint density at radius 2 is 1.90 bits per heavy atom. The van der Waals surface area contributed by atoms with Gasteiger partial charge in [-0.2, -0.15) is 0 Å². The maximum absolute atomic E-state index is 12.7. The maximum Gasteiger partial charge on any atom is 0.205 e. The van der Waals surface area contributed by atoms with Crippen LogP contribution in [0.15, 0.2) is 54.0 Å². The van der Waals surface area contributed by atoms with Crippen molar-refractivity contribution < 1.29 is 4.79 Å². The van der Waals surface area contributed by atoms with Crippen LogP contribution in [0, 0.1) is 0 Å². The molecule has 0 spiro atoms. The summed E-state index contributed by atoms with van der Waals surface area (Å²) in [5.74, 6) is -0.0847. The number of ketones is 1. The van der Waals surface area contributed by atoms with E-state index in [0.29, 0.717) is 20.6 Å². The van der Waals surface area contributed by atoms with Crippen molar-refractivity contribution in [3.05, 3.63) is 74.7 Å². The van der Waals surface area contributed by atoms with E-state index in [1.807, 2.05) is 17.5 Å². The lowest BCUT2D eigenvalue weighted by Crippen LogP contribution is -2.01. The summed E-state index contributed by atoms with van der Waals surface area (Å²) in [7, 11) is 0. The van der Waals surface area contributed by atoms with Crippen LogP contribution < -0.4 is 0 Å². The Bertz CT molecular complexity index is 813. The molecule has 0 unspecified atom stereocenters. The zero-order chi connectivity index (χ0) is 14.8. The molecule has 3 aromatic rings. The number of nitrogens with zero attached hydrogens (tertiary/aromatic N) is 1. The van der Waals surface area contributed by atoms with E-state index in [2.05, 4.69) is 4.98 Å². The summed E-state index contributed by atoms with van der Waals surface area (Å²) in [5, 5.41) is 2.73. The second kappa shape index (κ2) is 5.98.